The summed E-state index contributed by atoms with van der Waals surface area (Å²) < 4.78 is 3.36. The number of carbonyl (C=O) groups is 2. The minimum absolute atomic E-state index is 0.0426. The van der Waals surface area contributed by atoms with Crippen LogP contribution in [-0.2, 0) is 22.7 Å². The molecule has 24 heavy (non-hydrogen) atoms. The van der Waals surface area contributed by atoms with Gasteiger partial charge in [0, 0.05) is 32.6 Å². The number of hydrogen-bond acceptors (Lipinski definition) is 3. The lowest BCUT2D eigenvalue weighted by atomic mass is 10.1. The van der Waals surface area contributed by atoms with E-state index in [1.54, 1.807) is 14.0 Å². The number of nitrogens with zero attached hydrogens (tertiary/aromatic N) is 3. The fourth-order valence-electron chi connectivity index (χ4n) is 3.38. The number of imidazole rings is 1. The number of fused-ring (bicyclic) bond motifs is 1. The van der Waals surface area contributed by atoms with Crippen molar-refractivity contribution >= 4 is 22.8 Å². The molecule has 0 aliphatic carbocycles. The average molecular weight is 330 g/mol. The van der Waals surface area contributed by atoms with Gasteiger partial charge in [-0.3, -0.25) is 18.7 Å². The molecule has 1 saturated heterocycles. The Hall–Kier alpha value is -2.57. The number of likely N-dealkylation sites (tertiary alicyclic amines) is 1. The molecule has 1 atom stereocenters. The van der Waals surface area contributed by atoms with E-state index in [9.17, 15) is 14.4 Å². The van der Waals surface area contributed by atoms with Crippen LogP contribution in [0.1, 0.15) is 19.8 Å². The maximum Gasteiger partial charge on any atom is 0.329 e. The SMILES string of the molecule is CCn1c(=O)n(CCC(=O)N2CCC(C(N)=O)C2)c2ccccc21. The first-order valence-electron chi connectivity index (χ1n) is 8.28. The molecule has 3 rings (SSSR count). The van der Waals surface area contributed by atoms with E-state index in [-0.39, 0.29) is 29.8 Å². The van der Waals surface area contributed by atoms with Crippen molar-refractivity contribution in [1.82, 2.24) is 14.0 Å². The molecule has 0 saturated carbocycles. The Morgan fingerprint density at radius 3 is 2.46 bits per heavy atom. The lowest BCUT2D eigenvalue weighted by Gasteiger charge is -2.16. The summed E-state index contributed by atoms with van der Waals surface area (Å²) >= 11 is 0. The third kappa shape index (κ3) is 2.81. The molecule has 2 N–H and O–H groups in total. The second kappa shape index (κ2) is 6.51. The minimum Gasteiger partial charge on any atom is -0.369 e. The fourth-order valence-corrected chi connectivity index (χ4v) is 3.38. The molecule has 128 valence electrons. The fraction of sp³-hybridized carbons (Fsp3) is 0.471. The van der Waals surface area contributed by atoms with Crippen LogP contribution in [0.4, 0.5) is 0 Å². The smallest absolute Gasteiger partial charge is 0.329 e. The number of hydrogen-bond donors (Lipinski definition) is 1. The molecular weight excluding hydrogens is 308 g/mol. The summed E-state index contributed by atoms with van der Waals surface area (Å²) in [6.07, 6.45) is 0.860. The van der Waals surface area contributed by atoms with Gasteiger partial charge in [0.2, 0.25) is 11.8 Å². The molecule has 1 aromatic carbocycles. The number of aromatic nitrogens is 2. The third-order valence-electron chi connectivity index (χ3n) is 4.73. The maximum atomic E-state index is 12.5. The first-order valence-corrected chi connectivity index (χ1v) is 8.28. The Balaban J connectivity index is 1.75. The van der Waals surface area contributed by atoms with E-state index < -0.39 is 0 Å². The molecule has 1 fully saturated rings. The standard InChI is InChI=1S/C17H22N4O3/c1-2-20-13-5-3-4-6-14(13)21(17(20)24)10-8-15(22)19-9-7-12(11-19)16(18)23/h3-6,12H,2,7-11H2,1H3,(H2,18,23). The number of rotatable bonds is 5. The lowest BCUT2D eigenvalue weighted by molar-refractivity contribution is -0.130. The van der Waals surface area contributed by atoms with Gasteiger partial charge in [0.25, 0.3) is 0 Å². The molecule has 1 aromatic heterocycles. The first kappa shape index (κ1) is 16.3. The zero-order valence-corrected chi connectivity index (χ0v) is 13.8. The van der Waals surface area contributed by atoms with Crippen LogP contribution >= 0.6 is 0 Å². The third-order valence-corrected chi connectivity index (χ3v) is 4.73. The Morgan fingerprint density at radius 2 is 1.88 bits per heavy atom. The number of benzene rings is 1. The van der Waals surface area contributed by atoms with Crippen molar-refractivity contribution in [3.8, 4) is 0 Å². The van der Waals surface area contributed by atoms with E-state index >= 15 is 0 Å². The molecule has 2 heterocycles. The summed E-state index contributed by atoms with van der Waals surface area (Å²) in [6.45, 7) is 3.80. The average Bonchev–Trinajstić information content (AvgIpc) is 3.16. The topological polar surface area (TPSA) is 90.3 Å². The number of para-hydroxylation sites is 2. The summed E-state index contributed by atoms with van der Waals surface area (Å²) in [7, 11) is 0. The second-order valence-corrected chi connectivity index (χ2v) is 6.14. The number of carbonyl (C=O) groups excluding carboxylic acids is 2. The largest absolute Gasteiger partial charge is 0.369 e. The number of amides is 2. The van der Waals surface area contributed by atoms with Crippen LogP contribution < -0.4 is 11.4 Å². The Morgan fingerprint density at radius 1 is 1.21 bits per heavy atom. The summed E-state index contributed by atoms with van der Waals surface area (Å²) in [6, 6.07) is 7.60. The molecule has 7 heteroatoms. The number of aryl methyl sites for hydroxylation is 2. The number of nitrogens with two attached hydrogens (primary N) is 1. The van der Waals surface area contributed by atoms with Crippen LogP contribution in [0.2, 0.25) is 0 Å². The summed E-state index contributed by atoms with van der Waals surface area (Å²) in [5.41, 5.74) is 6.93. The van der Waals surface area contributed by atoms with Gasteiger partial charge in [-0.2, -0.15) is 0 Å². The van der Waals surface area contributed by atoms with Crippen molar-refractivity contribution in [3.63, 3.8) is 0 Å². The Bertz CT molecular complexity index is 836. The van der Waals surface area contributed by atoms with Crippen LogP contribution in [0.15, 0.2) is 29.1 Å². The van der Waals surface area contributed by atoms with E-state index in [2.05, 4.69) is 0 Å². The van der Waals surface area contributed by atoms with E-state index in [4.69, 9.17) is 5.73 Å². The Labute approximate surface area is 139 Å². The van der Waals surface area contributed by atoms with Gasteiger partial charge < -0.3 is 10.6 Å². The van der Waals surface area contributed by atoms with Gasteiger partial charge in [-0.15, -0.1) is 0 Å². The highest BCUT2D eigenvalue weighted by molar-refractivity contribution is 5.81. The van der Waals surface area contributed by atoms with Crippen LogP contribution in [0.3, 0.4) is 0 Å². The first-order chi connectivity index (χ1) is 11.5. The van der Waals surface area contributed by atoms with E-state index in [1.165, 1.54) is 0 Å². The van der Waals surface area contributed by atoms with Crippen molar-refractivity contribution < 1.29 is 9.59 Å². The molecule has 2 amide bonds. The highest BCUT2D eigenvalue weighted by atomic mass is 16.2. The monoisotopic (exact) mass is 330 g/mol. The van der Waals surface area contributed by atoms with E-state index in [0.717, 1.165) is 11.0 Å². The van der Waals surface area contributed by atoms with Crippen molar-refractivity contribution in [3.05, 3.63) is 34.7 Å². The Kier molecular flexibility index (Phi) is 4.42. The molecular formula is C17H22N4O3. The molecule has 1 aliphatic rings. The summed E-state index contributed by atoms with van der Waals surface area (Å²) in [4.78, 5) is 37.8. The molecule has 1 aliphatic heterocycles. The molecule has 0 spiro atoms. The quantitative estimate of drug-likeness (QED) is 0.868. The molecule has 0 bridgehead atoms. The van der Waals surface area contributed by atoms with Crippen molar-refractivity contribution in [2.45, 2.75) is 32.9 Å². The second-order valence-electron chi connectivity index (χ2n) is 6.14. The predicted octanol–water partition coefficient (Wildman–Crippen LogP) is 0.547. The molecule has 2 aromatic rings. The van der Waals surface area contributed by atoms with Gasteiger partial charge in [0.05, 0.1) is 17.0 Å². The van der Waals surface area contributed by atoms with Gasteiger partial charge >= 0.3 is 5.69 Å². The van der Waals surface area contributed by atoms with Gasteiger partial charge in [-0.05, 0) is 25.5 Å². The molecule has 1 unspecified atom stereocenters. The zero-order chi connectivity index (χ0) is 17.3. The predicted molar refractivity (Wildman–Crippen MR) is 90.4 cm³/mol. The van der Waals surface area contributed by atoms with Gasteiger partial charge in [0.15, 0.2) is 0 Å². The summed E-state index contributed by atoms with van der Waals surface area (Å²) in [5.74, 6) is -0.648. The van der Waals surface area contributed by atoms with Crippen LogP contribution in [0.5, 0.6) is 0 Å². The molecule has 0 radical (unpaired) electrons. The van der Waals surface area contributed by atoms with Gasteiger partial charge in [-0.25, -0.2) is 4.79 Å². The van der Waals surface area contributed by atoms with Crippen LogP contribution in [-0.4, -0.2) is 38.9 Å². The number of primary amides is 1. The normalized spacial score (nSPS) is 17.5. The van der Waals surface area contributed by atoms with Crippen LogP contribution in [0.25, 0.3) is 11.0 Å². The van der Waals surface area contributed by atoms with Crippen LogP contribution in [0, 0.1) is 5.92 Å². The van der Waals surface area contributed by atoms with E-state index in [1.807, 2.05) is 31.2 Å². The minimum atomic E-state index is -0.354. The highest BCUT2D eigenvalue weighted by Gasteiger charge is 2.29. The summed E-state index contributed by atoms with van der Waals surface area (Å²) in [5, 5.41) is 0. The highest BCUT2D eigenvalue weighted by Crippen LogP contribution is 2.17. The zero-order valence-electron chi connectivity index (χ0n) is 13.8. The van der Waals surface area contributed by atoms with Crippen molar-refractivity contribution in [2.24, 2.45) is 11.7 Å². The van der Waals surface area contributed by atoms with Gasteiger partial charge in [-0.1, -0.05) is 12.1 Å². The lowest BCUT2D eigenvalue weighted by Crippen LogP contribution is -2.33. The van der Waals surface area contributed by atoms with Crippen molar-refractivity contribution in [2.75, 3.05) is 13.1 Å². The van der Waals surface area contributed by atoms with Crippen molar-refractivity contribution in [1.29, 1.82) is 0 Å². The maximum absolute atomic E-state index is 12.5. The van der Waals surface area contributed by atoms with E-state index in [0.29, 0.717) is 32.6 Å². The van der Waals surface area contributed by atoms with Gasteiger partial charge in [0.1, 0.15) is 0 Å². The molecule has 7 nitrogen and oxygen atoms in total.